The highest BCUT2D eigenvalue weighted by Crippen LogP contribution is 2.33. The molecule has 0 bridgehead atoms. The van der Waals surface area contributed by atoms with Gasteiger partial charge < -0.3 is 14.8 Å². The van der Waals surface area contributed by atoms with E-state index in [-0.39, 0.29) is 35.7 Å². The lowest BCUT2D eigenvalue weighted by Gasteiger charge is -2.26. The predicted molar refractivity (Wildman–Crippen MR) is 208 cm³/mol. The van der Waals surface area contributed by atoms with Gasteiger partial charge in [0.2, 0.25) is 5.91 Å². The molecule has 2 aliphatic heterocycles. The van der Waals surface area contributed by atoms with Crippen LogP contribution in [0.4, 0.5) is 0 Å². The quantitative estimate of drug-likeness (QED) is 0.131. The van der Waals surface area contributed by atoms with Gasteiger partial charge in [0.25, 0.3) is 0 Å². The summed E-state index contributed by atoms with van der Waals surface area (Å²) >= 11 is 0. The molecule has 0 saturated carbocycles. The number of likely N-dealkylation sites (tertiary alicyclic amines) is 1. The standard InChI is InChI=1S/C44H74N2O5/c1-4-7-16-24-38-31-35-50-43(48)29-20-14-10-12-18-26-40(45-42(47)37-46-33-22-23-34-46)27-19-13-11-15-21-30-44(49)51-36-32-39(25-17-8-5-2)41(38)28-9-6-3/h38-40H,3-5,7-8,10-27,29-37H2,1-2H3,(H,45,47). The van der Waals surface area contributed by atoms with Crippen LogP contribution in [0, 0.1) is 11.8 Å². The number of allylic oxidation sites excluding steroid dienone is 1. The first-order valence-corrected chi connectivity index (χ1v) is 21.2. The molecule has 0 aromatic heterocycles. The number of nitrogens with zero attached hydrogens (tertiary/aromatic N) is 1. The number of rotatable bonds is 11. The van der Waals surface area contributed by atoms with Crippen molar-refractivity contribution < 1.29 is 23.9 Å². The van der Waals surface area contributed by atoms with Crippen LogP contribution in [0.25, 0.3) is 0 Å². The zero-order valence-corrected chi connectivity index (χ0v) is 32.8. The molecule has 0 aromatic rings. The fourth-order valence-corrected chi connectivity index (χ4v) is 7.71. The lowest BCUT2D eigenvalue weighted by molar-refractivity contribution is -0.144. The third-order valence-electron chi connectivity index (χ3n) is 10.7. The van der Waals surface area contributed by atoms with Crippen LogP contribution in [0.1, 0.15) is 181 Å². The summed E-state index contributed by atoms with van der Waals surface area (Å²) in [6, 6.07) is 0.221. The van der Waals surface area contributed by atoms with Crippen LogP contribution in [0.2, 0.25) is 0 Å². The number of esters is 2. The maximum Gasteiger partial charge on any atom is 0.305 e. The zero-order valence-electron chi connectivity index (χ0n) is 32.8. The van der Waals surface area contributed by atoms with Gasteiger partial charge in [-0.15, -0.1) is 0 Å². The van der Waals surface area contributed by atoms with Crippen molar-refractivity contribution in [2.45, 2.75) is 187 Å². The average molecular weight is 711 g/mol. The van der Waals surface area contributed by atoms with Gasteiger partial charge in [-0.05, 0) is 107 Å². The molecule has 0 aromatic carbocycles. The molecule has 2 unspecified atom stereocenters. The van der Waals surface area contributed by atoms with Crippen LogP contribution < -0.4 is 5.32 Å². The minimum atomic E-state index is -0.108. The molecule has 2 rings (SSSR count). The minimum Gasteiger partial charge on any atom is -0.466 e. The van der Waals surface area contributed by atoms with Gasteiger partial charge >= 0.3 is 11.9 Å². The Morgan fingerprint density at radius 3 is 1.69 bits per heavy atom. The van der Waals surface area contributed by atoms with Crippen molar-refractivity contribution in [3.05, 3.63) is 29.3 Å². The Balaban J connectivity index is 2.06. The number of hydrogen-bond acceptors (Lipinski definition) is 6. The van der Waals surface area contributed by atoms with E-state index in [0.717, 1.165) is 154 Å². The Hall–Kier alpha value is -2.55. The van der Waals surface area contributed by atoms with E-state index in [0.29, 0.717) is 32.6 Å². The summed E-state index contributed by atoms with van der Waals surface area (Å²) in [6.45, 7) is 11.6. The third kappa shape index (κ3) is 22.2. The second-order valence-electron chi connectivity index (χ2n) is 15.1. The number of unbranched alkanes of at least 4 members (excludes halogenated alkanes) is 4. The van der Waals surface area contributed by atoms with E-state index >= 15 is 0 Å². The summed E-state index contributed by atoms with van der Waals surface area (Å²) in [7, 11) is 0. The smallest absolute Gasteiger partial charge is 0.305 e. The fraction of sp³-hybridized carbons (Fsp3) is 0.818. The van der Waals surface area contributed by atoms with Crippen molar-refractivity contribution in [2.24, 2.45) is 11.8 Å². The van der Waals surface area contributed by atoms with E-state index in [1.54, 1.807) is 0 Å². The minimum absolute atomic E-state index is 0.108. The number of cyclic esters (lactones) is 2. The van der Waals surface area contributed by atoms with Crippen LogP contribution in [-0.4, -0.2) is 61.6 Å². The maximum absolute atomic E-state index is 12.8. The van der Waals surface area contributed by atoms with Crippen molar-refractivity contribution in [1.29, 1.82) is 0 Å². The highest BCUT2D eigenvalue weighted by atomic mass is 16.5. The Kier molecular flexibility index (Phi) is 26.2. The predicted octanol–water partition coefficient (Wildman–Crippen LogP) is 10.3. The summed E-state index contributed by atoms with van der Waals surface area (Å²) in [5, 5.41) is 3.36. The van der Waals surface area contributed by atoms with Gasteiger partial charge in [0.15, 0.2) is 0 Å². The molecule has 7 heteroatoms. The normalized spacial score (nSPS) is 23.6. The van der Waals surface area contributed by atoms with Gasteiger partial charge in [0, 0.05) is 18.9 Å². The van der Waals surface area contributed by atoms with Gasteiger partial charge in [-0.25, -0.2) is 0 Å². The number of carbonyl (C=O) groups is 3. The molecule has 0 spiro atoms. The van der Waals surface area contributed by atoms with Crippen molar-refractivity contribution in [2.75, 3.05) is 32.8 Å². The van der Waals surface area contributed by atoms with E-state index in [1.165, 1.54) is 18.4 Å². The molecule has 2 atom stereocenters. The van der Waals surface area contributed by atoms with E-state index < -0.39 is 0 Å². The number of carbonyl (C=O) groups excluding carboxylic acids is 3. The van der Waals surface area contributed by atoms with Crippen LogP contribution in [0.5, 0.6) is 0 Å². The second-order valence-corrected chi connectivity index (χ2v) is 15.1. The van der Waals surface area contributed by atoms with Crippen molar-refractivity contribution in [1.82, 2.24) is 10.2 Å². The molecule has 7 nitrogen and oxygen atoms in total. The second kappa shape index (κ2) is 30.0. The van der Waals surface area contributed by atoms with Crippen molar-refractivity contribution in [3.8, 4) is 0 Å². The first-order chi connectivity index (χ1) is 25.0. The molecule has 1 N–H and O–H groups in total. The molecule has 0 radical (unpaired) electrons. The average Bonchev–Trinajstić information content (AvgIpc) is 3.62. The summed E-state index contributed by atoms with van der Waals surface area (Å²) in [5.41, 5.74) is 10.4. The van der Waals surface area contributed by atoms with Gasteiger partial charge in [0.05, 0.1) is 19.8 Å². The third-order valence-corrected chi connectivity index (χ3v) is 10.7. The molecular formula is C44H74N2O5. The van der Waals surface area contributed by atoms with Crippen molar-refractivity contribution >= 4 is 17.8 Å². The zero-order chi connectivity index (χ0) is 36.8. The van der Waals surface area contributed by atoms with Crippen LogP contribution in [0.15, 0.2) is 29.3 Å². The summed E-state index contributed by atoms with van der Waals surface area (Å²) in [4.78, 5) is 40.6. The molecule has 51 heavy (non-hydrogen) atoms. The first-order valence-electron chi connectivity index (χ1n) is 21.2. The Morgan fingerprint density at radius 2 is 1.20 bits per heavy atom. The molecule has 0 aliphatic carbocycles. The lowest BCUT2D eigenvalue weighted by atomic mass is 9.79. The van der Waals surface area contributed by atoms with E-state index in [9.17, 15) is 14.4 Å². The Labute approximate surface area is 312 Å². The summed E-state index contributed by atoms with van der Waals surface area (Å²) in [5.74, 6) is 0.390. The number of hydrogen-bond donors (Lipinski definition) is 1. The summed E-state index contributed by atoms with van der Waals surface area (Å²) < 4.78 is 11.6. The molecule has 2 aliphatic rings. The van der Waals surface area contributed by atoms with Gasteiger partial charge in [-0.1, -0.05) is 115 Å². The largest absolute Gasteiger partial charge is 0.466 e. The Morgan fingerprint density at radius 1 is 0.706 bits per heavy atom. The van der Waals surface area contributed by atoms with E-state index in [1.807, 2.05) is 0 Å². The molecule has 2 heterocycles. The van der Waals surface area contributed by atoms with E-state index in [4.69, 9.17) is 9.47 Å². The molecular weight excluding hydrogens is 636 g/mol. The van der Waals surface area contributed by atoms with Crippen molar-refractivity contribution in [3.63, 3.8) is 0 Å². The monoisotopic (exact) mass is 711 g/mol. The molecule has 2 saturated heterocycles. The highest BCUT2D eigenvalue weighted by molar-refractivity contribution is 5.78. The highest BCUT2D eigenvalue weighted by Gasteiger charge is 2.24. The van der Waals surface area contributed by atoms with Crippen LogP contribution in [0.3, 0.4) is 0 Å². The number of nitrogens with one attached hydrogen (secondary N) is 1. The lowest BCUT2D eigenvalue weighted by Crippen LogP contribution is -2.41. The number of amides is 1. The number of ether oxygens (including phenoxy) is 2. The van der Waals surface area contributed by atoms with Gasteiger partial charge in [0.1, 0.15) is 0 Å². The van der Waals surface area contributed by atoms with Crippen LogP contribution >= 0.6 is 0 Å². The van der Waals surface area contributed by atoms with Gasteiger partial charge in [-0.3, -0.25) is 19.3 Å². The fourth-order valence-electron chi connectivity index (χ4n) is 7.71. The van der Waals surface area contributed by atoms with Gasteiger partial charge in [-0.2, -0.15) is 0 Å². The SMILES string of the molecule is C=C=C=C=C1C(CCCCC)CCOC(=O)CCCCCCCC(NC(=O)CN2CCCC2)CCCCCCCC(=O)OCCC1CCCCC. The molecule has 2 fully saturated rings. The van der Waals surface area contributed by atoms with Crippen LogP contribution in [-0.2, 0) is 23.9 Å². The maximum atomic E-state index is 12.8. The molecule has 290 valence electrons. The summed E-state index contributed by atoms with van der Waals surface area (Å²) in [6.07, 6.45) is 26.1. The molecule has 1 amide bonds. The first kappa shape index (κ1) is 44.6. The Bertz CT molecular complexity index is 1030. The topological polar surface area (TPSA) is 84.9 Å². The van der Waals surface area contributed by atoms with E-state index in [2.05, 4.69) is 47.8 Å².